The number of nitrogens with zero attached hydrogens (tertiary/aromatic N) is 1. The molecule has 0 aromatic carbocycles. The molecule has 1 unspecified atom stereocenters. The van der Waals surface area contributed by atoms with Gasteiger partial charge in [0.05, 0.1) is 5.92 Å². The van der Waals surface area contributed by atoms with Crippen molar-refractivity contribution in [1.29, 1.82) is 0 Å². The molecule has 5 nitrogen and oxygen atoms in total. The molecule has 1 N–H and O–H groups in total. The highest BCUT2D eigenvalue weighted by atomic mass is 16.6. The summed E-state index contributed by atoms with van der Waals surface area (Å²) in [5.74, 6) is 0.811. The summed E-state index contributed by atoms with van der Waals surface area (Å²) in [5, 5.41) is 9.02. The predicted octanol–water partition coefficient (Wildman–Crippen LogP) is 1.58. The summed E-state index contributed by atoms with van der Waals surface area (Å²) >= 11 is 0. The molecule has 1 rings (SSSR count). The highest BCUT2D eigenvalue weighted by Crippen LogP contribution is 2.27. The van der Waals surface area contributed by atoms with Gasteiger partial charge in [-0.1, -0.05) is 0 Å². The first kappa shape index (κ1) is 14.4. The molecule has 0 bridgehead atoms. The fraction of sp³-hybridized carbons (Fsp3) is 0.692. The molecule has 0 aromatic rings. The van der Waals surface area contributed by atoms with Gasteiger partial charge in [0.25, 0.3) is 0 Å². The first-order valence-electron chi connectivity index (χ1n) is 5.89. The van der Waals surface area contributed by atoms with Crippen molar-refractivity contribution in [3.63, 3.8) is 0 Å². The summed E-state index contributed by atoms with van der Waals surface area (Å²) in [6.45, 7) is 6.17. The van der Waals surface area contributed by atoms with E-state index in [1.54, 1.807) is 20.8 Å². The molecule has 1 heterocycles. The Bertz CT molecular complexity index is 371. The third kappa shape index (κ3) is 3.66. The minimum Gasteiger partial charge on any atom is -0.481 e. The van der Waals surface area contributed by atoms with E-state index in [0.29, 0.717) is 13.1 Å². The first-order chi connectivity index (χ1) is 8.24. The Morgan fingerprint density at radius 1 is 1.50 bits per heavy atom. The zero-order chi connectivity index (χ0) is 13.9. The molecule has 100 valence electrons. The third-order valence-electron chi connectivity index (χ3n) is 2.79. The van der Waals surface area contributed by atoms with Crippen LogP contribution in [0.1, 0.15) is 27.2 Å². The van der Waals surface area contributed by atoms with Crippen LogP contribution in [0.25, 0.3) is 0 Å². The molecule has 1 amide bonds. The van der Waals surface area contributed by atoms with Crippen molar-refractivity contribution < 1.29 is 19.4 Å². The molecule has 0 radical (unpaired) electrons. The maximum Gasteiger partial charge on any atom is 0.410 e. The normalized spacial score (nSPS) is 17.6. The largest absolute Gasteiger partial charge is 0.481 e. The minimum atomic E-state index is -0.901. The van der Waals surface area contributed by atoms with Gasteiger partial charge in [-0.15, -0.1) is 12.3 Å². The lowest BCUT2D eigenvalue weighted by molar-refractivity contribution is -0.146. The van der Waals surface area contributed by atoms with Gasteiger partial charge >= 0.3 is 12.1 Å². The van der Waals surface area contributed by atoms with Crippen LogP contribution in [0.3, 0.4) is 0 Å². The summed E-state index contributed by atoms with van der Waals surface area (Å²) in [6, 6.07) is 0. The van der Waals surface area contributed by atoms with Crippen LogP contribution >= 0.6 is 0 Å². The molecule has 1 atom stereocenters. The van der Waals surface area contributed by atoms with E-state index in [0.717, 1.165) is 0 Å². The van der Waals surface area contributed by atoms with Crippen LogP contribution in [-0.4, -0.2) is 40.8 Å². The van der Waals surface area contributed by atoms with Crippen molar-refractivity contribution in [3.05, 3.63) is 0 Å². The molecule has 0 aliphatic carbocycles. The van der Waals surface area contributed by atoms with Gasteiger partial charge in [-0.2, -0.15) is 0 Å². The predicted molar refractivity (Wildman–Crippen MR) is 65.9 cm³/mol. The Kier molecular flexibility index (Phi) is 4.23. The standard InChI is InChI=1S/C13H19NO4/c1-5-6-10(11(15)16)9-7-14(8-9)12(17)18-13(2,3)4/h1,9-10H,6-8H2,2-4H3,(H,15,16). The lowest BCUT2D eigenvalue weighted by Crippen LogP contribution is -2.55. The van der Waals surface area contributed by atoms with Gasteiger partial charge in [0.1, 0.15) is 5.60 Å². The Balaban J connectivity index is 2.46. The lowest BCUT2D eigenvalue weighted by Gasteiger charge is -2.41. The second-order valence-corrected chi connectivity index (χ2v) is 5.50. The topological polar surface area (TPSA) is 66.8 Å². The molecular formula is C13H19NO4. The van der Waals surface area contributed by atoms with Gasteiger partial charge in [-0.25, -0.2) is 4.79 Å². The van der Waals surface area contributed by atoms with Gasteiger partial charge in [0, 0.05) is 25.4 Å². The van der Waals surface area contributed by atoms with Crippen LogP contribution in [-0.2, 0) is 9.53 Å². The second-order valence-electron chi connectivity index (χ2n) is 5.50. The SMILES string of the molecule is C#CCC(C(=O)O)C1CN(C(=O)OC(C)(C)C)C1. The monoisotopic (exact) mass is 253 g/mol. The van der Waals surface area contributed by atoms with Gasteiger partial charge in [0.2, 0.25) is 0 Å². The maximum atomic E-state index is 11.7. The number of likely N-dealkylation sites (tertiary alicyclic amines) is 1. The van der Waals surface area contributed by atoms with Crippen molar-refractivity contribution in [1.82, 2.24) is 4.90 Å². The number of terminal acetylenes is 1. The van der Waals surface area contributed by atoms with Crippen LogP contribution in [0.15, 0.2) is 0 Å². The Labute approximate surface area is 107 Å². The molecule has 1 saturated heterocycles. The van der Waals surface area contributed by atoms with Crippen molar-refractivity contribution in [2.75, 3.05) is 13.1 Å². The molecule has 0 spiro atoms. The molecule has 0 aromatic heterocycles. The zero-order valence-electron chi connectivity index (χ0n) is 11.0. The van der Waals surface area contributed by atoms with E-state index in [1.807, 2.05) is 0 Å². The lowest BCUT2D eigenvalue weighted by atomic mass is 9.84. The maximum absolute atomic E-state index is 11.7. The Morgan fingerprint density at radius 2 is 2.06 bits per heavy atom. The van der Waals surface area contributed by atoms with Gasteiger partial charge in [-0.05, 0) is 20.8 Å². The van der Waals surface area contributed by atoms with E-state index in [2.05, 4.69) is 5.92 Å². The summed E-state index contributed by atoms with van der Waals surface area (Å²) < 4.78 is 5.19. The van der Waals surface area contributed by atoms with Crippen molar-refractivity contribution in [3.8, 4) is 12.3 Å². The number of ether oxygens (including phenoxy) is 1. The van der Waals surface area contributed by atoms with Crippen LogP contribution in [0.4, 0.5) is 4.79 Å². The fourth-order valence-electron chi connectivity index (χ4n) is 1.83. The highest BCUT2D eigenvalue weighted by molar-refractivity contribution is 5.73. The molecule has 1 aliphatic rings. The van der Waals surface area contributed by atoms with E-state index in [1.165, 1.54) is 4.90 Å². The number of amides is 1. The minimum absolute atomic E-state index is 0.0777. The third-order valence-corrected chi connectivity index (χ3v) is 2.79. The van der Waals surface area contributed by atoms with E-state index in [-0.39, 0.29) is 12.3 Å². The average molecular weight is 253 g/mol. The van der Waals surface area contributed by atoms with E-state index in [9.17, 15) is 9.59 Å². The van der Waals surface area contributed by atoms with Crippen LogP contribution in [0, 0.1) is 24.2 Å². The number of carboxylic acids is 1. The Morgan fingerprint density at radius 3 is 2.44 bits per heavy atom. The smallest absolute Gasteiger partial charge is 0.410 e. The Hall–Kier alpha value is -1.70. The molecule has 5 heteroatoms. The van der Waals surface area contributed by atoms with Crippen LogP contribution in [0.2, 0.25) is 0 Å². The average Bonchev–Trinajstić information content (AvgIpc) is 2.10. The molecule has 1 fully saturated rings. The summed E-state index contributed by atoms with van der Waals surface area (Å²) in [6.07, 6.45) is 4.94. The van der Waals surface area contributed by atoms with Crippen molar-refractivity contribution in [2.45, 2.75) is 32.8 Å². The molecular weight excluding hydrogens is 234 g/mol. The van der Waals surface area contributed by atoms with Gasteiger partial charge < -0.3 is 14.7 Å². The molecule has 18 heavy (non-hydrogen) atoms. The van der Waals surface area contributed by atoms with Crippen LogP contribution in [0.5, 0.6) is 0 Å². The number of aliphatic carboxylic acids is 1. The molecule has 0 saturated carbocycles. The number of carbonyl (C=O) groups excluding carboxylic acids is 1. The van der Waals surface area contributed by atoms with Gasteiger partial charge in [0.15, 0.2) is 0 Å². The van der Waals surface area contributed by atoms with E-state index in [4.69, 9.17) is 16.3 Å². The van der Waals surface area contributed by atoms with Crippen molar-refractivity contribution >= 4 is 12.1 Å². The summed E-state index contributed by atoms with van der Waals surface area (Å²) in [4.78, 5) is 24.2. The van der Waals surface area contributed by atoms with Gasteiger partial charge in [-0.3, -0.25) is 4.79 Å². The summed E-state index contributed by atoms with van der Waals surface area (Å²) in [5.41, 5.74) is -0.535. The highest BCUT2D eigenvalue weighted by Gasteiger charge is 2.40. The first-order valence-corrected chi connectivity index (χ1v) is 5.89. The number of carboxylic acid groups (broad SMARTS) is 1. The fourth-order valence-corrected chi connectivity index (χ4v) is 1.83. The number of rotatable bonds is 3. The van der Waals surface area contributed by atoms with E-state index < -0.39 is 23.6 Å². The van der Waals surface area contributed by atoms with Crippen molar-refractivity contribution in [2.24, 2.45) is 11.8 Å². The number of carbonyl (C=O) groups is 2. The summed E-state index contributed by atoms with van der Waals surface area (Å²) in [7, 11) is 0. The quantitative estimate of drug-likeness (QED) is 0.775. The number of hydrogen-bond acceptors (Lipinski definition) is 3. The molecule has 1 aliphatic heterocycles. The zero-order valence-corrected chi connectivity index (χ0v) is 11.0. The van der Waals surface area contributed by atoms with E-state index >= 15 is 0 Å². The number of hydrogen-bond donors (Lipinski definition) is 1. The van der Waals surface area contributed by atoms with Crippen LogP contribution < -0.4 is 0 Å². The second kappa shape index (κ2) is 5.30.